The van der Waals surface area contributed by atoms with Crippen molar-refractivity contribution in [3.8, 4) is 5.75 Å². The number of halogens is 2. The van der Waals surface area contributed by atoms with E-state index in [1.54, 1.807) is 4.90 Å². The van der Waals surface area contributed by atoms with Gasteiger partial charge in [0, 0.05) is 10.6 Å². The third-order valence-electron chi connectivity index (χ3n) is 4.65. The van der Waals surface area contributed by atoms with E-state index < -0.39 is 0 Å². The van der Waals surface area contributed by atoms with Gasteiger partial charge in [0.05, 0.1) is 15.9 Å². The largest absolute Gasteiger partial charge is 0.488 e. The molecule has 0 aromatic heterocycles. The molecule has 1 aliphatic rings. The van der Waals surface area contributed by atoms with Crippen LogP contribution in [-0.2, 0) is 17.9 Å². The average molecular weight is 531 g/mol. The van der Waals surface area contributed by atoms with Crippen molar-refractivity contribution in [3.63, 3.8) is 0 Å². The lowest BCUT2D eigenvalue weighted by atomic mass is 10.2. The predicted molar refractivity (Wildman–Crippen MR) is 135 cm³/mol. The highest BCUT2D eigenvalue weighted by molar-refractivity contribution is 9.10. The maximum Gasteiger partial charge on any atom is 0.266 e. The standard InChI is InChI=1S/C24H17BrClNO2S2/c25-19-12-17(10-11-21(19)29-15-18-8-4-5-9-20(18)26)13-22-23(28)27(24(30)31-22)14-16-6-2-1-3-7-16/h1-13H,14-15H2/b22-13-. The van der Waals surface area contributed by atoms with Crippen LogP contribution in [0.4, 0.5) is 0 Å². The van der Waals surface area contributed by atoms with Gasteiger partial charge in [0.25, 0.3) is 5.91 Å². The first-order chi connectivity index (χ1) is 15.0. The number of rotatable bonds is 6. The molecular weight excluding hydrogens is 514 g/mol. The number of benzene rings is 3. The first-order valence-corrected chi connectivity index (χ1v) is 11.9. The Balaban J connectivity index is 1.46. The number of nitrogens with zero attached hydrogens (tertiary/aromatic N) is 1. The molecule has 0 radical (unpaired) electrons. The van der Waals surface area contributed by atoms with Crippen molar-refractivity contribution in [1.29, 1.82) is 0 Å². The molecule has 3 aromatic carbocycles. The minimum atomic E-state index is -0.0750. The second-order valence-corrected chi connectivity index (χ2v) is 9.76. The quantitative estimate of drug-likeness (QED) is 0.251. The number of hydrogen-bond donors (Lipinski definition) is 0. The van der Waals surface area contributed by atoms with E-state index >= 15 is 0 Å². The number of ether oxygens (including phenoxy) is 1. The Labute approximate surface area is 204 Å². The van der Waals surface area contributed by atoms with Crippen LogP contribution in [0.25, 0.3) is 6.08 Å². The van der Waals surface area contributed by atoms with E-state index in [1.165, 1.54) is 11.8 Å². The fourth-order valence-corrected chi connectivity index (χ4v) is 5.00. The molecule has 0 bridgehead atoms. The summed E-state index contributed by atoms with van der Waals surface area (Å²) in [4.78, 5) is 15.1. The maximum atomic E-state index is 12.9. The normalized spacial score (nSPS) is 15.0. The Hall–Kier alpha value is -2.12. The van der Waals surface area contributed by atoms with Crippen LogP contribution in [0.2, 0.25) is 5.02 Å². The number of thioether (sulfide) groups is 1. The van der Waals surface area contributed by atoms with Crippen LogP contribution in [0.15, 0.2) is 82.2 Å². The van der Waals surface area contributed by atoms with E-state index in [4.69, 9.17) is 28.6 Å². The highest BCUT2D eigenvalue weighted by Crippen LogP contribution is 2.35. The molecule has 1 heterocycles. The second-order valence-electron chi connectivity index (χ2n) is 6.82. The van der Waals surface area contributed by atoms with E-state index in [0.29, 0.717) is 33.1 Å². The van der Waals surface area contributed by atoms with Gasteiger partial charge < -0.3 is 4.74 Å². The molecule has 0 saturated carbocycles. The zero-order valence-electron chi connectivity index (χ0n) is 16.3. The molecule has 3 aromatic rings. The lowest BCUT2D eigenvalue weighted by Gasteiger charge is -2.14. The minimum absolute atomic E-state index is 0.0750. The third-order valence-corrected chi connectivity index (χ3v) is 7.02. The van der Waals surface area contributed by atoms with E-state index in [2.05, 4.69) is 15.9 Å². The molecule has 1 amide bonds. The molecule has 1 fully saturated rings. The zero-order chi connectivity index (χ0) is 21.8. The molecule has 7 heteroatoms. The van der Waals surface area contributed by atoms with Gasteiger partial charge in [-0.25, -0.2) is 0 Å². The molecule has 4 rings (SSSR count). The Morgan fingerprint density at radius 1 is 1.06 bits per heavy atom. The highest BCUT2D eigenvalue weighted by Gasteiger charge is 2.31. The van der Waals surface area contributed by atoms with Crippen LogP contribution >= 0.6 is 51.5 Å². The van der Waals surface area contributed by atoms with Crippen molar-refractivity contribution in [2.75, 3.05) is 0 Å². The summed E-state index contributed by atoms with van der Waals surface area (Å²) in [5.74, 6) is 0.628. The predicted octanol–water partition coefficient (Wildman–Crippen LogP) is 7.08. The second kappa shape index (κ2) is 10.0. The van der Waals surface area contributed by atoms with Gasteiger partial charge in [-0.2, -0.15) is 0 Å². The van der Waals surface area contributed by atoms with E-state index in [1.807, 2.05) is 78.9 Å². The van der Waals surface area contributed by atoms with Crippen molar-refractivity contribution >= 4 is 67.8 Å². The molecule has 1 saturated heterocycles. The molecule has 0 atom stereocenters. The summed E-state index contributed by atoms with van der Waals surface area (Å²) in [5.41, 5.74) is 2.85. The van der Waals surface area contributed by atoms with Crippen LogP contribution in [-0.4, -0.2) is 15.1 Å². The summed E-state index contributed by atoms with van der Waals surface area (Å²) in [6.45, 7) is 0.844. The number of carbonyl (C=O) groups is 1. The van der Waals surface area contributed by atoms with Gasteiger partial charge in [0.2, 0.25) is 0 Å². The number of hydrogen-bond acceptors (Lipinski definition) is 4. The van der Waals surface area contributed by atoms with Crippen LogP contribution in [0.5, 0.6) is 5.75 Å². The monoisotopic (exact) mass is 529 g/mol. The fraction of sp³-hybridized carbons (Fsp3) is 0.0833. The molecule has 31 heavy (non-hydrogen) atoms. The molecule has 156 valence electrons. The summed E-state index contributed by atoms with van der Waals surface area (Å²) < 4.78 is 7.26. The van der Waals surface area contributed by atoms with Gasteiger partial charge in [0.15, 0.2) is 0 Å². The molecule has 1 aliphatic heterocycles. The van der Waals surface area contributed by atoms with Crippen LogP contribution < -0.4 is 4.74 Å². The third kappa shape index (κ3) is 5.39. The van der Waals surface area contributed by atoms with Gasteiger partial charge in [0.1, 0.15) is 16.7 Å². The average Bonchev–Trinajstić information content (AvgIpc) is 3.02. The molecule has 3 nitrogen and oxygen atoms in total. The van der Waals surface area contributed by atoms with E-state index in [9.17, 15) is 4.79 Å². The Kier molecular flexibility index (Phi) is 7.13. The summed E-state index contributed by atoms with van der Waals surface area (Å²) in [5, 5.41) is 0.674. The van der Waals surface area contributed by atoms with Crippen molar-refractivity contribution < 1.29 is 9.53 Å². The fourth-order valence-electron chi connectivity index (χ4n) is 3.05. The Morgan fingerprint density at radius 2 is 1.81 bits per heavy atom. The SMILES string of the molecule is O=C1/C(=C/c2ccc(OCc3ccccc3Cl)c(Br)c2)SC(=S)N1Cc1ccccc1. The van der Waals surface area contributed by atoms with Crippen molar-refractivity contribution in [2.45, 2.75) is 13.2 Å². The summed E-state index contributed by atoms with van der Waals surface area (Å²) in [6, 6.07) is 23.1. The van der Waals surface area contributed by atoms with Crippen LogP contribution in [0.3, 0.4) is 0 Å². The van der Waals surface area contributed by atoms with Crippen molar-refractivity contribution in [1.82, 2.24) is 4.90 Å². The van der Waals surface area contributed by atoms with Gasteiger partial charge >= 0.3 is 0 Å². The van der Waals surface area contributed by atoms with Gasteiger partial charge in [-0.05, 0) is 51.3 Å². The lowest BCUT2D eigenvalue weighted by molar-refractivity contribution is -0.122. The van der Waals surface area contributed by atoms with Crippen molar-refractivity contribution in [2.24, 2.45) is 0 Å². The smallest absolute Gasteiger partial charge is 0.266 e. The lowest BCUT2D eigenvalue weighted by Crippen LogP contribution is -2.27. The first-order valence-electron chi connectivity index (χ1n) is 9.46. The molecule has 0 spiro atoms. The number of carbonyl (C=O) groups excluding carboxylic acids is 1. The van der Waals surface area contributed by atoms with Gasteiger partial charge in [-0.3, -0.25) is 9.69 Å². The number of amides is 1. The van der Waals surface area contributed by atoms with E-state index in [0.717, 1.165) is 21.2 Å². The molecule has 0 unspecified atom stereocenters. The maximum absolute atomic E-state index is 12.9. The molecule has 0 aliphatic carbocycles. The minimum Gasteiger partial charge on any atom is -0.488 e. The molecular formula is C24H17BrClNO2S2. The Bertz CT molecular complexity index is 1170. The summed E-state index contributed by atoms with van der Waals surface area (Å²) in [7, 11) is 0. The van der Waals surface area contributed by atoms with Crippen LogP contribution in [0.1, 0.15) is 16.7 Å². The zero-order valence-corrected chi connectivity index (χ0v) is 20.2. The van der Waals surface area contributed by atoms with Crippen LogP contribution in [0, 0.1) is 0 Å². The molecule has 0 N–H and O–H groups in total. The summed E-state index contributed by atoms with van der Waals surface area (Å²) >= 11 is 16.5. The topological polar surface area (TPSA) is 29.5 Å². The van der Waals surface area contributed by atoms with Gasteiger partial charge in [-0.15, -0.1) is 0 Å². The Morgan fingerprint density at radius 3 is 2.55 bits per heavy atom. The van der Waals surface area contributed by atoms with Gasteiger partial charge in [-0.1, -0.05) is 90.2 Å². The van der Waals surface area contributed by atoms with Crippen molar-refractivity contribution in [3.05, 3.63) is 104 Å². The van der Waals surface area contributed by atoms with E-state index in [-0.39, 0.29) is 5.91 Å². The summed E-state index contributed by atoms with van der Waals surface area (Å²) in [6.07, 6.45) is 1.85. The first kappa shape index (κ1) is 22.1. The number of thiocarbonyl (C=S) groups is 1. The highest BCUT2D eigenvalue weighted by atomic mass is 79.9.